The summed E-state index contributed by atoms with van der Waals surface area (Å²) in [5, 5.41) is 14.7. The Morgan fingerprint density at radius 2 is 2.19 bits per heavy atom. The number of rotatable bonds is 5. The maximum Gasteiger partial charge on any atom is 0.263 e. The first-order chi connectivity index (χ1) is 7.77. The van der Waals surface area contributed by atoms with E-state index in [2.05, 4.69) is 10.6 Å². The molecule has 4 nitrogen and oxygen atoms in total. The normalized spacial score (nSPS) is 16.9. The Hall–Kier alpha value is -1.50. The first-order valence-corrected chi connectivity index (χ1v) is 5.92. The lowest BCUT2D eigenvalue weighted by atomic mass is 10.2. The highest BCUT2D eigenvalue weighted by molar-refractivity contribution is 5.97. The molecular weight excluding hydrogens is 202 g/mol. The summed E-state index contributed by atoms with van der Waals surface area (Å²) in [6, 6.07) is 2.35. The summed E-state index contributed by atoms with van der Waals surface area (Å²) in [7, 11) is 0. The van der Waals surface area contributed by atoms with Gasteiger partial charge < -0.3 is 10.6 Å². The number of nitriles is 1. The molecule has 0 unspecified atom stereocenters. The minimum atomic E-state index is -0.283. The van der Waals surface area contributed by atoms with Gasteiger partial charge in [-0.15, -0.1) is 0 Å². The monoisotopic (exact) mass is 221 g/mol. The third-order valence-electron chi connectivity index (χ3n) is 2.72. The smallest absolute Gasteiger partial charge is 0.263 e. The molecule has 0 atom stereocenters. The summed E-state index contributed by atoms with van der Waals surface area (Å²) in [6.45, 7) is 2.59. The minimum absolute atomic E-state index is 0.167. The van der Waals surface area contributed by atoms with Crippen molar-refractivity contribution < 1.29 is 4.79 Å². The molecule has 1 amide bonds. The summed E-state index contributed by atoms with van der Waals surface area (Å²) in [5.41, 5.74) is 0.167. The fourth-order valence-corrected chi connectivity index (χ4v) is 1.78. The number of nitrogens with zero attached hydrogens (tertiary/aromatic N) is 1. The van der Waals surface area contributed by atoms with Crippen LogP contribution < -0.4 is 10.6 Å². The second-order valence-electron chi connectivity index (χ2n) is 4.07. The topological polar surface area (TPSA) is 64.9 Å². The summed E-state index contributed by atoms with van der Waals surface area (Å²) >= 11 is 0. The van der Waals surface area contributed by atoms with Crippen LogP contribution in [0.2, 0.25) is 0 Å². The lowest BCUT2D eigenvalue weighted by molar-refractivity contribution is -0.117. The van der Waals surface area contributed by atoms with Crippen LogP contribution in [0.5, 0.6) is 0 Å². The molecule has 0 saturated heterocycles. The molecule has 0 radical (unpaired) electrons. The average molecular weight is 221 g/mol. The van der Waals surface area contributed by atoms with E-state index in [1.165, 1.54) is 12.8 Å². The molecule has 16 heavy (non-hydrogen) atoms. The van der Waals surface area contributed by atoms with E-state index in [0.29, 0.717) is 12.6 Å². The van der Waals surface area contributed by atoms with Gasteiger partial charge >= 0.3 is 0 Å². The zero-order chi connectivity index (χ0) is 11.8. The molecule has 1 aliphatic rings. The van der Waals surface area contributed by atoms with E-state index >= 15 is 0 Å². The highest BCUT2D eigenvalue weighted by Gasteiger charge is 2.14. The van der Waals surface area contributed by atoms with Crippen LogP contribution in [-0.4, -0.2) is 18.5 Å². The predicted molar refractivity (Wildman–Crippen MR) is 62.4 cm³/mol. The van der Waals surface area contributed by atoms with Gasteiger partial charge in [0.25, 0.3) is 5.91 Å². The first-order valence-electron chi connectivity index (χ1n) is 5.92. The molecule has 4 heteroatoms. The first kappa shape index (κ1) is 12.6. The lowest BCUT2D eigenvalue weighted by Crippen LogP contribution is -2.28. The van der Waals surface area contributed by atoms with E-state index in [1.54, 1.807) is 6.20 Å². The van der Waals surface area contributed by atoms with E-state index in [-0.39, 0.29) is 11.5 Å². The van der Waals surface area contributed by atoms with E-state index in [9.17, 15) is 4.79 Å². The Bertz CT molecular complexity index is 298. The maximum absolute atomic E-state index is 11.5. The van der Waals surface area contributed by atoms with Gasteiger partial charge in [-0.25, -0.2) is 0 Å². The molecule has 1 saturated carbocycles. The lowest BCUT2D eigenvalue weighted by Gasteiger charge is -2.09. The van der Waals surface area contributed by atoms with Gasteiger partial charge in [0.2, 0.25) is 0 Å². The molecule has 0 heterocycles. The number of hydrogen-bond donors (Lipinski definition) is 2. The molecule has 88 valence electrons. The van der Waals surface area contributed by atoms with Crippen molar-refractivity contribution in [3.05, 3.63) is 11.8 Å². The summed E-state index contributed by atoms with van der Waals surface area (Å²) in [4.78, 5) is 11.5. The van der Waals surface area contributed by atoms with Gasteiger partial charge in [0.15, 0.2) is 0 Å². The van der Waals surface area contributed by atoms with Crippen LogP contribution in [0.25, 0.3) is 0 Å². The number of hydrogen-bond acceptors (Lipinski definition) is 3. The molecule has 0 bridgehead atoms. The Morgan fingerprint density at radius 3 is 2.75 bits per heavy atom. The highest BCUT2D eigenvalue weighted by Crippen LogP contribution is 2.17. The van der Waals surface area contributed by atoms with Crippen molar-refractivity contribution >= 4 is 5.91 Å². The molecule has 2 N–H and O–H groups in total. The van der Waals surface area contributed by atoms with Gasteiger partial charge in [-0.05, 0) is 19.3 Å². The van der Waals surface area contributed by atoms with Crippen LogP contribution in [-0.2, 0) is 4.79 Å². The Labute approximate surface area is 96.7 Å². The number of nitrogens with one attached hydrogen (secondary N) is 2. The molecule has 0 aromatic carbocycles. The van der Waals surface area contributed by atoms with Gasteiger partial charge in [-0.1, -0.05) is 19.8 Å². The van der Waals surface area contributed by atoms with Crippen LogP contribution in [0.3, 0.4) is 0 Å². The van der Waals surface area contributed by atoms with Crippen LogP contribution >= 0.6 is 0 Å². The summed E-state index contributed by atoms with van der Waals surface area (Å²) in [5.74, 6) is -0.283. The predicted octanol–water partition coefficient (Wildman–Crippen LogP) is 1.45. The van der Waals surface area contributed by atoms with Crippen LogP contribution in [0, 0.1) is 11.3 Å². The third-order valence-corrected chi connectivity index (χ3v) is 2.72. The number of carbonyl (C=O) groups excluding carboxylic acids is 1. The van der Waals surface area contributed by atoms with E-state index in [4.69, 9.17) is 5.26 Å². The highest BCUT2D eigenvalue weighted by atomic mass is 16.1. The average Bonchev–Trinajstić information content (AvgIpc) is 2.80. The molecular formula is C12H19N3O. The van der Waals surface area contributed by atoms with E-state index < -0.39 is 0 Å². The number of carbonyl (C=O) groups is 1. The fraction of sp³-hybridized carbons (Fsp3) is 0.667. The maximum atomic E-state index is 11.5. The Morgan fingerprint density at radius 1 is 1.50 bits per heavy atom. The van der Waals surface area contributed by atoms with Gasteiger partial charge in [-0.3, -0.25) is 4.79 Å². The van der Waals surface area contributed by atoms with Crippen molar-refractivity contribution in [1.82, 2.24) is 10.6 Å². The van der Waals surface area contributed by atoms with Crippen LogP contribution in [0.4, 0.5) is 0 Å². The molecule has 1 fully saturated rings. The summed E-state index contributed by atoms with van der Waals surface area (Å²) in [6.07, 6.45) is 7.16. The molecule has 0 aromatic heterocycles. The fourth-order valence-electron chi connectivity index (χ4n) is 1.78. The molecule has 1 rings (SSSR count). The van der Waals surface area contributed by atoms with Gasteiger partial charge in [0, 0.05) is 18.8 Å². The van der Waals surface area contributed by atoms with E-state index in [1.807, 2.05) is 13.0 Å². The van der Waals surface area contributed by atoms with Crippen molar-refractivity contribution in [3.8, 4) is 6.07 Å². The van der Waals surface area contributed by atoms with Gasteiger partial charge in [0.05, 0.1) is 0 Å². The molecule has 0 aliphatic heterocycles. The summed E-state index contributed by atoms with van der Waals surface area (Å²) < 4.78 is 0. The Kier molecular flexibility index (Phi) is 5.41. The van der Waals surface area contributed by atoms with Crippen molar-refractivity contribution in [2.75, 3.05) is 6.54 Å². The van der Waals surface area contributed by atoms with Crippen molar-refractivity contribution in [3.63, 3.8) is 0 Å². The van der Waals surface area contributed by atoms with Crippen molar-refractivity contribution in [2.24, 2.45) is 0 Å². The Balaban J connectivity index is 2.42. The number of amides is 1. The molecule has 1 aliphatic carbocycles. The van der Waals surface area contributed by atoms with Crippen molar-refractivity contribution in [2.45, 2.75) is 45.1 Å². The minimum Gasteiger partial charge on any atom is -0.387 e. The quantitative estimate of drug-likeness (QED) is 0.545. The van der Waals surface area contributed by atoms with Gasteiger partial charge in [0.1, 0.15) is 11.6 Å². The van der Waals surface area contributed by atoms with Crippen molar-refractivity contribution in [1.29, 1.82) is 5.26 Å². The molecule has 0 aromatic rings. The van der Waals surface area contributed by atoms with E-state index in [0.717, 1.165) is 19.3 Å². The second kappa shape index (κ2) is 6.89. The zero-order valence-corrected chi connectivity index (χ0v) is 9.75. The second-order valence-corrected chi connectivity index (χ2v) is 4.07. The van der Waals surface area contributed by atoms with Crippen LogP contribution in [0.15, 0.2) is 11.8 Å². The SMILES string of the molecule is CCCNC(=O)/C(C#N)=C\NC1CCCC1. The van der Waals surface area contributed by atoms with Gasteiger partial charge in [-0.2, -0.15) is 5.26 Å². The largest absolute Gasteiger partial charge is 0.387 e. The van der Waals surface area contributed by atoms with Crippen LogP contribution in [0.1, 0.15) is 39.0 Å². The molecule has 0 spiro atoms. The zero-order valence-electron chi connectivity index (χ0n) is 9.75. The third kappa shape index (κ3) is 3.93. The standard InChI is InChI=1S/C12H19N3O/c1-2-7-14-12(16)10(8-13)9-15-11-5-3-4-6-11/h9,11,15H,2-7H2,1H3,(H,14,16)/b10-9-.